The molecule has 1 aromatic heterocycles. The van der Waals surface area contributed by atoms with Crippen molar-refractivity contribution >= 4 is 0 Å². The van der Waals surface area contributed by atoms with Gasteiger partial charge in [-0.05, 0) is 49.0 Å². The number of nitrogens with zero attached hydrogens (tertiary/aromatic N) is 3. The normalized spacial score (nSPS) is 23.5. The summed E-state index contributed by atoms with van der Waals surface area (Å²) in [6.45, 7) is 4.65. The van der Waals surface area contributed by atoms with E-state index in [2.05, 4.69) is 23.8 Å². The Kier molecular flexibility index (Phi) is 6.17. The maximum Gasteiger partial charge on any atom is 0.232 e. The molecule has 0 saturated heterocycles. The summed E-state index contributed by atoms with van der Waals surface area (Å²) in [6.07, 6.45) is 14.4. The molecule has 0 spiro atoms. The molecule has 1 unspecified atom stereocenters. The van der Waals surface area contributed by atoms with Crippen molar-refractivity contribution in [1.82, 2.24) is 9.97 Å². The molecule has 1 aliphatic rings. The van der Waals surface area contributed by atoms with Crippen molar-refractivity contribution in [3.05, 3.63) is 23.8 Å². The van der Waals surface area contributed by atoms with Gasteiger partial charge in [0.05, 0.1) is 0 Å². The minimum atomic E-state index is 0.275. The summed E-state index contributed by atoms with van der Waals surface area (Å²) in [7, 11) is 0. The van der Waals surface area contributed by atoms with E-state index in [1.165, 1.54) is 56.9 Å². The lowest BCUT2D eigenvalue weighted by molar-refractivity contribution is 0.295. The number of hydrogen-bond donors (Lipinski definition) is 0. The van der Waals surface area contributed by atoms with Crippen molar-refractivity contribution in [2.24, 2.45) is 11.8 Å². The highest BCUT2D eigenvalue weighted by Gasteiger charge is 2.22. The van der Waals surface area contributed by atoms with Crippen molar-refractivity contribution in [2.75, 3.05) is 0 Å². The number of aromatic nitrogens is 2. The molecule has 1 fully saturated rings. The van der Waals surface area contributed by atoms with Gasteiger partial charge in [-0.15, -0.1) is 0 Å². The van der Waals surface area contributed by atoms with E-state index in [0.29, 0.717) is 5.92 Å². The van der Waals surface area contributed by atoms with Gasteiger partial charge >= 0.3 is 0 Å². The largest absolute Gasteiger partial charge is 0.232 e. The van der Waals surface area contributed by atoms with E-state index in [1.807, 2.05) is 18.5 Å². The molecule has 1 heterocycles. The zero-order valence-corrected chi connectivity index (χ0v) is 13.4. The molecule has 21 heavy (non-hydrogen) atoms. The van der Waals surface area contributed by atoms with Crippen LogP contribution in [0.4, 0.5) is 0 Å². The van der Waals surface area contributed by atoms with Crippen LogP contribution in [0.2, 0.25) is 0 Å². The number of rotatable bonds is 6. The lowest BCUT2D eigenvalue weighted by Gasteiger charge is -2.28. The molecule has 0 N–H and O–H groups in total. The lowest BCUT2D eigenvalue weighted by Crippen LogP contribution is -2.14. The Morgan fingerprint density at radius 2 is 1.90 bits per heavy atom. The highest BCUT2D eigenvalue weighted by atomic mass is 14.9. The molecule has 0 radical (unpaired) electrons. The van der Waals surface area contributed by atoms with Gasteiger partial charge in [0.2, 0.25) is 5.82 Å². The van der Waals surface area contributed by atoms with Gasteiger partial charge in [0, 0.05) is 12.4 Å². The standard InChI is InChI=1S/C18H27N3/c1-3-14(2)5-4-6-15-7-9-16(10-8-15)17-12-20-18(11-19)21-13-17/h12-16H,3-10H2,1-2H3. The first-order valence-electron chi connectivity index (χ1n) is 8.45. The van der Waals surface area contributed by atoms with Gasteiger partial charge in [0.25, 0.3) is 0 Å². The van der Waals surface area contributed by atoms with Gasteiger partial charge in [-0.25, -0.2) is 9.97 Å². The number of nitriles is 1. The fraction of sp³-hybridized carbons (Fsp3) is 0.722. The molecule has 0 amide bonds. The molecular formula is C18H27N3. The van der Waals surface area contributed by atoms with Crippen LogP contribution in [0.25, 0.3) is 0 Å². The zero-order chi connectivity index (χ0) is 15.1. The third kappa shape index (κ3) is 4.81. The molecule has 3 nitrogen and oxygen atoms in total. The predicted octanol–water partition coefficient (Wildman–Crippen LogP) is 4.84. The Labute approximate surface area is 128 Å². The van der Waals surface area contributed by atoms with Gasteiger partial charge in [0.15, 0.2) is 0 Å². The third-order valence-electron chi connectivity index (χ3n) is 5.10. The summed E-state index contributed by atoms with van der Waals surface area (Å²) in [5.41, 5.74) is 1.21. The van der Waals surface area contributed by atoms with Crippen LogP contribution in [0.5, 0.6) is 0 Å². The van der Waals surface area contributed by atoms with Crippen molar-refractivity contribution in [1.29, 1.82) is 5.26 Å². The maximum absolute atomic E-state index is 8.74. The van der Waals surface area contributed by atoms with Crippen LogP contribution >= 0.6 is 0 Å². The van der Waals surface area contributed by atoms with Gasteiger partial charge in [0.1, 0.15) is 6.07 Å². The third-order valence-corrected chi connectivity index (χ3v) is 5.10. The molecule has 114 valence electrons. The van der Waals surface area contributed by atoms with E-state index in [0.717, 1.165) is 11.8 Å². The molecule has 3 heteroatoms. The van der Waals surface area contributed by atoms with E-state index in [-0.39, 0.29) is 5.82 Å². The Hall–Kier alpha value is -1.43. The van der Waals surface area contributed by atoms with Crippen molar-refractivity contribution in [3.8, 4) is 6.07 Å². The van der Waals surface area contributed by atoms with Crippen LogP contribution in [0, 0.1) is 23.2 Å². The monoisotopic (exact) mass is 285 g/mol. The van der Waals surface area contributed by atoms with Crippen molar-refractivity contribution in [3.63, 3.8) is 0 Å². The van der Waals surface area contributed by atoms with Crippen LogP contribution in [0.1, 0.15) is 82.5 Å². The topological polar surface area (TPSA) is 49.6 Å². The average molecular weight is 285 g/mol. The second kappa shape index (κ2) is 8.12. The highest BCUT2D eigenvalue weighted by Crippen LogP contribution is 2.37. The SMILES string of the molecule is CCC(C)CCCC1CCC(c2cnc(C#N)nc2)CC1. The maximum atomic E-state index is 8.74. The zero-order valence-electron chi connectivity index (χ0n) is 13.4. The summed E-state index contributed by atoms with van der Waals surface area (Å²) in [4.78, 5) is 8.20. The summed E-state index contributed by atoms with van der Waals surface area (Å²) < 4.78 is 0. The van der Waals surface area contributed by atoms with Crippen LogP contribution < -0.4 is 0 Å². The average Bonchev–Trinajstić information content (AvgIpc) is 2.55. The summed E-state index contributed by atoms with van der Waals surface area (Å²) in [6, 6.07) is 1.98. The van der Waals surface area contributed by atoms with E-state index in [9.17, 15) is 0 Å². The Bertz CT molecular complexity index is 452. The summed E-state index contributed by atoms with van der Waals surface area (Å²) in [5.74, 6) is 2.68. The minimum Gasteiger partial charge on any atom is -0.227 e. The summed E-state index contributed by atoms with van der Waals surface area (Å²) >= 11 is 0. The first-order chi connectivity index (χ1) is 10.2. The molecule has 1 aliphatic carbocycles. The van der Waals surface area contributed by atoms with E-state index in [1.54, 1.807) is 0 Å². The fourth-order valence-electron chi connectivity index (χ4n) is 3.35. The second-order valence-electron chi connectivity index (χ2n) is 6.61. The fourth-order valence-corrected chi connectivity index (χ4v) is 3.35. The van der Waals surface area contributed by atoms with Crippen LogP contribution in [-0.4, -0.2) is 9.97 Å². The Morgan fingerprint density at radius 3 is 2.48 bits per heavy atom. The van der Waals surface area contributed by atoms with E-state index < -0.39 is 0 Å². The molecule has 1 atom stereocenters. The Morgan fingerprint density at radius 1 is 1.24 bits per heavy atom. The molecule has 1 saturated carbocycles. The quantitative estimate of drug-likeness (QED) is 0.751. The molecule has 0 aliphatic heterocycles. The molecule has 2 rings (SSSR count). The van der Waals surface area contributed by atoms with Crippen LogP contribution in [-0.2, 0) is 0 Å². The number of hydrogen-bond acceptors (Lipinski definition) is 3. The van der Waals surface area contributed by atoms with Gasteiger partial charge in [-0.2, -0.15) is 5.26 Å². The van der Waals surface area contributed by atoms with Gasteiger partial charge < -0.3 is 0 Å². The molecular weight excluding hydrogens is 258 g/mol. The minimum absolute atomic E-state index is 0.275. The van der Waals surface area contributed by atoms with E-state index in [4.69, 9.17) is 5.26 Å². The predicted molar refractivity (Wildman–Crippen MR) is 84.8 cm³/mol. The summed E-state index contributed by atoms with van der Waals surface area (Å²) in [5, 5.41) is 8.74. The van der Waals surface area contributed by atoms with Crippen molar-refractivity contribution in [2.45, 2.75) is 71.1 Å². The Balaban J connectivity index is 1.73. The lowest BCUT2D eigenvalue weighted by atomic mass is 9.77. The van der Waals surface area contributed by atoms with Crippen molar-refractivity contribution < 1.29 is 0 Å². The van der Waals surface area contributed by atoms with Gasteiger partial charge in [-0.3, -0.25) is 0 Å². The smallest absolute Gasteiger partial charge is 0.227 e. The molecule has 0 aromatic carbocycles. The van der Waals surface area contributed by atoms with E-state index >= 15 is 0 Å². The molecule has 1 aromatic rings. The van der Waals surface area contributed by atoms with Crippen LogP contribution in [0.3, 0.4) is 0 Å². The van der Waals surface area contributed by atoms with Crippen LogP contribution in [0.15, 0.2) is 12.4 Å². The molecule has 0 bridgehead atoms. The highest BCUT2D eigenvalue weighted by molar-refractivity contribution is 5.17. The first-order valence-corrected chi connectivity index (χ1v) is 8.45. The first kappa shape index (κ1) is 15.9. The van der Waals surface area contributed by atoms with Gasteiger partial charge in [-0.1, -0.05) is 39.5 Å². The second-order valence-corrected chi connectivity index (χ2v) is 6.61.